The van der Waals surface area contributed by atoms with E-state index in [9.17, 15) is 0 Å². The minimum Gasteiger partial charge on any atom is -0.382 e. The van der Waals surface area contributed by atoms with Crippen LogP contribution in [0.2, 0.25) is 0 Å². The standard InChI is InChI=1S/C11H22.C8H18O2.C7H16.2CH4/c1-10(2)8-9-11-6-4-3-5-7-11;1-8(2)4-5-10-7-6-9-3;1-4-5-6-7(2)3;;/h10-11H,3-9H2,1-2H3;8H,4-7H2,1-3H3;7H,4-6H2,1-3H3;2*1H4. The summed E-state index contributed by atoms with van der Waals surface area (Å²) in [7, 11) is 1.69. The van der Waals surface area contributed by atoms with Crippen molar-refractivity contribution in [2.45, 2.75) is 134 Å². The fourth-order valence-electron chi connectivity index (χ4n) is 3.22. The van der Waals surface area contributed by atoms with Crippen LogP contribution in [0.5, 0.6) is 0 Å². The van der Waals surface area contributed by atoms with Gasteiger partial charge in [-0.1, -0.05) is 128 Å². The van der Waals surface area contributed by atoms with Gasteiger partial charge in [0.2, 0.25) is 0 Å². The summed E-state index contributed by atoms with van der Waals surface area (Å²) in [5.41, 5.74) is 0. The second-order valence-electron chi connectivity index (χ2n) is 9.80. The number of hydrogen-bond acceptors (Lipinski definition) is 2. The van der Waals surface area contributed by atoms with Gasteiger partial charge in [-0.25, -0.2) is 0 Å². The maximum absolute atomic E-state index is 5.26. The Morgan fingerprint density at radius 2 is 1.23 bits per heavy atom. The van der Waals surface area contributed by atoms with Gasteiger partial charge < -0.3 is 9.47 Å². The molecule has 30 heavy (non-hydrogen) atoms. The zero-order valence-corrected chi connectivity index (χ0v) is 21.0. The number of unbranched alkanes of at least 4 members (excludes halogenated alkanes) is 1. The van der Waals surface area contributed by atoms with Crippen LogP contribution in [0, 0.1) is 23.7 Å². The summed E-state index contributed by atoms with van der Waals surface area (Å²) in [6, 6.07) is 0. The van der Waals surface area contributed by atoms with Gasteiger partial charge >= 0.3 is 0 Å². The van der Waals surface area contributed by atoms with Crippen LogP contribution < -0.4 is 0 Å². The van der Waals surface area contributed by atoms with Crippen molar-refractivity contribution < 1.29 is 9.47 Å². The Balaban J connectivity index is -0.000000168. The van der Waals surface area contributed by atoms with Gasteiger partial charge in [0.15, 0.2) is 0 Å². The van der Waals surface area contributed by atoms with Crippen LogP contribution in [0.1, 0.15) is 134 Å². The predicted molar refractivity (Wildman–Crippen MR) is 141 cm³/mol. The van der Waals surface area contributed by atoms with Crippen molar-refractivity contribution in [3.63, 3.8) is 0 Å². The third-order valence-electron chi connectivity index (χ3n) is 5.28. The van der Waals surface area contributed by atoms with E-state index in [1.54, 1.807) is 7.11 Å². The lowest BCUT2D eigenvalue weighted by atomic mass is 9.85. The molecule has 1 rings (SSSR count). The molecule has 2 nitrogen and oxygen atoms in total. The van der Waals surface area contributed by atoms with Crippen molar-refractivity contribution in [3.05, 3.63) is 0 Å². The summed E-state index contributed by atoms with van der Waals surface area (Å²) in [5, 5.41) is 0. The van der Waals surface area contributed by atoms with Gasteiger partial charge in [-0.15, -0.1) is 0 Å². The molecule has 0 amide bonds. The normalized spacial score (nSPS) is 13.7. The average molecular weight is 433 g/mol. The van der Waals surface area contributed by atoms with Gasteiger partial charge in [-0.05, 0) is 30.1 Å². The topological polar surface area (TPSA) is 18.5 Å². The molecule has 1 saturated carbocycles. The molecule has 1 fully saturated rings. The third kappa shape index (κ3) is 35.4. The molecule has 0 atom stereocenters. The van der Waals surface area contributed by atoms with Crippen LogP contribution in [0.3, 0.4) is 0 Å². The Kier molecular flexibility index (Phi) is 35.9. The van der Waals surface area contributed by atoms with Crippen LogP contribution in [-0.2, 0) is 9.47 Å². The highest BCUT2D eigenvalue weighted by Crippen LogP contribution is 2.28. The SMILES string of the molecule is C.C.CC(C)CCC1CCCCC1.CCCCC(C)C.COCCOCCC(C)C. The van der Waals surface area contributed by atoms with E-state index >= 15 is 0 Å². The molecular formula is C28H64O2. The molecule has 0 spiro atoms. The van der Waals surface area contributed by atoms with E-state index in [0.29, 0.717) is 6.61 Å². The lowest BCUT2D eigenvalue weighted by Crippen LogP contribution is -2.06. The third-order valence-corrected chi connectivity index (χ3v) is 5.28. The maximum atomic E-state index is 5.26. The van der Waals surface area contributed by atoms with Crippen molar-refractivity contribution in [2.75, 3.05) is 26.9 Å². The lowest BCUT2D eigenvalue weighted by Gasteiger charge is -2.21. The van der Waals surface area contributed by atoms with Gasteiger partial charge in [-0.2, -0.15) is 0 Å². The molecule has 0 aromatic rings. The van der Waals surface area contributed by atoms with Crippen LogP contribution in [0.4, 0.5) is 0 Å². The summed E-state index contributed by atoms with van der Waals surface area (Å²) in [5.74, 6) is 3.64. The number of rotatable bonds is 12. The molecule has 1 aliphatic carbocycles. The zero-order chi connectivity index (χ0) is 21.6. The molecule has 0 aromatic carbocycles. The van der Waals surface area contributed by atoms with E-state index in [2.05, 4.69) is 48.5 Å². The van der Waals surface area contributed by atoms with Crippen LogP contribution in [0.25, 0.3) is 0 Å². The van der Waals surface area contributed by atoms with Gasteiger partial charge in [0.1, 0.15) is 0 Å². The Morgan fingerprint density at radius 3 is 1.63 bits per heavy atom. The largest absolute Gasteiger partial charge is 0.382 e. The lowest BCUT2D eigenvalue weighted by molar-refractivity contribution is 0.0654. The van der Waals surface area contributed by atoms with Gasteiger partial charge in [0.05, 0.1) is 13.2 Å². The van der Waals surface area contributed by atoms with E-state index in [1.807, 2.05) is 0 Å². The van der Waals surface area contributed by atoms with Gasteiger partial charge in [-0.3, -0.25) is 0 Å². The molecule has 0 bridgehead atoms. The van der Waals surface area contributed by atoms with Gasteiger partial charge in [0, 0.05) is 13.7 Å². The molecule has 0 aromatic heterocycles. The van der Waals surface area contributed by atoms with E-state index in [4.69, 9.17) is 9.47 Å². The number of ether oxygens (including phenoxy) is 2. The summed E-state index contributed by atoms with van der Waals surface area (Å²) < 4.78 is 10.1. The highest BCUT2D eigenvalue weighted by Gasteiger charge is 2.12. The number of hydrogen-bond donors (Lipinski definition) is 0. The van der Waals surface area contributed by atoms with E-state index in [1.165, 1.54) is 64.2 Å². The van der Waals surface area contributed by atoms with E-state index < -0.39 is 0 Å². The molecule has 0 unspecified atom stereocenters. The molecule has 0 aliphatic heterocycles. The average Bonchev–Trinajstić information content (AvgIpc) is 2.66. The molecule has 0 radical (unpaired) electrons. The quantitative estimate of drug-likeness (QED) is 0.286. The first-order valence-corrected chi connectivity index (χ1v) is 12.4. The molecule has 0 heterocycles. The Labute approximate surface area is 194 Å². The van der Waals surface area contributed by atoms with Crippen LogP contribution in [-0.4, -0.2) is 26.9 Å². The van der Waals surface area contributed by atoms with E-state index in [0.717, 1.165) is 43.3 Å². The fourth-order valence-corrected chi connectivity index (χ4v) is 3.22. The molecule has 0 N–H and O–H groups in total. The minimum atomic E-state index is 0. The van der Waals surface area contributed by atoms with Crippen molar-refractivity contribution in [1.29, 1.82) is 0 Å². The molecule has 0 saturated heterocycles. The Morgan fingerprint density at radius 1 is 0.700 bits per heavy atom. The summed E-state index contributed by atoms with van der Waals surface area (Å²) >= 11 is 0. The van der Waals surface area contributed by atoms with Gasteiger partial charge in [0.25, 0.3) is 0 Å². The Hall–Kier alpha value is -0.0800. The molecule has 2 heteroatoms. The monoisotopic (exact) mass is 432 g/mol. The highest BCUT2D eigenvalue weighted by molar-refractivity contribution is 4.66. The summed E-state index contributed by atoms with van der Waals surface area (Å²) in [6.45, 7) is 18.1. The van der Waals surface area contributed by atoms with Crippen molar-refractivity contribution in [2.24, 2.45) is 23.7 Å². The fraction of sp³-hybridized carbons (Fsp3) is 1.00. The maximum Gasteiger partial charge on any atom is 0.0700 e. The van der Waals surface area contributed by atoms with Crippen LogP contribution in [0.15, 0.2) is 0 Å². The summed E-state index contributed by atoms with van der Waals surface area (Å²) in [6.07, 6.45) is 15.8. The highest BCUT2D eigenvalue weighted by atomic mass is 16.5. The first kappa shape index (κ1) is 37.2. The molecule has 1 aliphatic rings. The zero-order valence-electron chi connectivity index (χ0n) is 21.0. The molecular weight excluding hydrogens is 368 g/mol. The summed E-state index contributed by atoms with van der Waals surface area (Å²) in [4.78, 5) is 0. The van der Waals surface area contributed by atoms with E-state index in [-0.39, 0.29) is 14.9 Å². The number of methoxy groups -OCH3 is 1. The van der Waals surface area contributed by atoms with Crippen molar-refractivity contribution in [1.82, 2.24) is 0 Å². The smallest absolute Gasteiger partial charge is 0.0700 e. The van der Waals surface area contributed by atoms with Crippen molar-refractivity contribution in [3.8, 4) is 0 Å². The Bertz CT molecular complexity index is 268. The predicted octanol–water partition coefficient (Wildman–Crippen LogP) is 9.80. The first-order valence-electron chi connectivity index (χ1n) is 12.4. The first-order chi connectivity index (χ1) is 13.3. The van der Waals surface area contributed by atoms with Crippen molar-refractivity contribution >= 4 is 0 Å². The van der Waals surface area contributed by atoms with Crippen LogP contribution >= 0.6 is 0 Å². The minimum absolute atomic E-state index is 0. The second-order valence-corrected chi connectivity index (χ2v) is 9.80. The second kappa shape index (κ2) is 28.9. The molecule has 188 valence electrons.